The van der Waals surface area contributed by atoms with Crippen LogP contribution in [0.3, 0.4) is 0 Å². The van der Waals surface area contributed by atoms with Gasteiger partial charge in [-0.25, -0.2) is 4.39 Å². The van der Waals surface area contributed by atoms with Gasteiger partial charge in [0.1, 0.15) is 17.2 Å². The molecule has 1 atom stereocenters. The normalized spacial score (nSPS) is 21.1. The predicted octanol–water partition coefficient (Wildman–Crippen LogP) is 5.06. The van der Waals surface area contributed by atoms with E-state index in [4.69, 9.17) is 0 Å². The van der Waals surface area contributed by atoms with Crippen LogP contribution >= 0.6 is 0 Å². The molecule has 2 aliphatic heterocycles. The maximum Gasteiger partial charge on any atom is 0.255 e. The Morgan fingerprint density at radius 1 is 1.08 bits per heavy atom. The van der Waals surface area contributed by atoms with Gasteiger partial charge < -0.3 is 4.90 Å². The third kappa shape index (κ3) is 4.52. The second-order valence-corrected chi connectivity index (χ2v) is 11.1. The molecule has 1 saturated carbocycles. The first-order valence-electron chi connectivity index (χ1n) is 13.2. The molecule has 3 aliphatic rings. The van der Waals surface area contributed by atoms with Crippen LogP contribution in [-0.4, -0.2) is 57.6 Å². The molecule has 0 bridgehead atoms. The van der Waals surface area contributed by atoms with E-state index in [2.05, 4.69) is 9.98 Å². The third-order valence-corrected chi connectivity index (χ3v) is 7.84. The Balaban J connectivity index is 1.21. The van der Waals surface area contributed by atoms with Crippen LogP contribution in [0.15, 0.2) is 59.7 Å². The van der Waals surface area contributed by atoms with Gasteiger partial charge in [0.25, 0.3) is 5.91 Å². The Labute approximate surface area is 216 Å². The average Bonchev–Trinajstić information content (AvgIpc) is 3.59. The van der Waals surface area contributed by atoms with E-state index in [1.54, 1.807) is 31.0 Å². The van der Waals surface area contributed by atoms with E-state index in [-0.39, 0.29) is 17.7 Å². The standard InChI is InChI=1S/C30H31FN4O2/c1-30(2)29(37)35(15-12-19-11-14-34(18-19)28(36)21-6-7-21)27(33-30)24-10-9-22(16-25(24)31)23-8-5-20-4-3-13-32-26(20)17-23/h3-5,8-10,13,16-17,19,21H,6-7,11-12,14-15,18H2,1-2H3/t19-/m0/s1. The Morgan fingerprint density at radius 3 is 2.65 bits per heavy atom. The number of carbonyl (C=O) groups excluding carboxylic acids is 2. The van der Waals surface area contributed by atoms with Crippen molar-refractivity contribution in [2.75, 3.05) is 19.6 Å². The van der Waals surface area contributed by atoms with Crippen molar-refractivity contribution in [2.45, 2.75) is 45.1 Å². The lowest BCUT2D eigenvalue weighted by molar-refractivity contribution is -0.132. The van der Waals surface area contributed by atoms with Crippen LogP contribution in [0.25, 0.3) is 22.0 Å². The minimum absolute atomic E-state index is 0.115. The van der Waals surface area contributed by atoms with Crippen LogP contribution in [0.4, 0.5) is 4.39 Å². The second-order valence-electron chi connectivity index (χ2n) is 11.1. The van der Waals surface area contributed by atoms with Gasteiger partial charge in [0, 0.05) is 37.1 Å². The number of nitrogens with zero attached hydrogens (tertiary/aromatic N) is 4. The summed E-state index contributed by atoms with van der Waals surface area (Å²) in [6, 6.07) is 14.9. The van der Waals surface area contributed by atoms with E-state index in [1.807, 2.05) is 41.3 Å². The molecule has 6 rings (SSSR count). The van der Waals surface area contributed by atoms with Crippen LogP contribution in [-0.2, 0) is 9.59 Å². The summed E-state index contributed by atoms with van der Waals surface area (Å²) in [5.41, 5.74) is 1.88. The Hall–Kier alpha value is -3.61. The Bertz CT molecular complexity index is 1430. The highest BCUT2D eigenvalue weighted by molar-refractivity contribution is 6.15. The molecule has 1 saturated heterocycles. The van der Waals surface area contributed by atoms with Gasteiger partial charge in [0.15, 0.2) is 0 Å². The highest BCUT2D eigenvalue weighted by Crippen LogP contribution is 2.34. The summed E-state index contributed by atoms with van der Waals surface area (Å²) in [4.78, 5) is 38.3. The molecule has 3 aromatic rings. The minimum Gasteiger partial charge on any atom is -0.342 e. The first-order valence-corrected chi connectivity index (χ1v) is 13.2. The van der Waals surface area contributed by atoms with Gasteiger partial charge in [0.2, 0.25) is 5.91 Å². The van der Waals surface area contributed by atoms with Crippen molar-refractivity contribution in [3.8, 4) is 11.1 Å². The van der Waals surface area contributed by atoms with E-state index >= 15 is 4.39 Å². The molecule has 1 aliphatic carbocycles. The highest BCUT2D eigenvalue weighted by Gasteiger charge is 2.42. The van der Waals surface area contributed by atoms with Crippen molar-refractivity contribution in [3.05, 3.63) is 66.1 Å². The van der Waals surface area contributed by atoms with Crippen molar-refractivity contribution in [3.63, 3.8) is 0 Å². The molecule has 190 valence electrons. The van der Waals surface area contributed by atoms with Gasteiger partial charge in [0.05, 0.1) is 11.1 Å². The molecule has 2 amide bonds. The van der Waals surface area contributed by atoms with Crippen molar-refractivity contribution in [1.82, 2.24) is 14.8 Å². The first kappa shape index (κ1) is 23.8. The van der Waals surface area contributed by atoms with Crippen molar-refractivity contribution >= 4 is 28.6 Å². The number of halogens is 1. The molecule has 0 spiro atoms. The molecule has 2 aromatic carbocycles. The molecular formula is C30H31FN4O2. The largest absolute Gasteiger partial charge is 0.342 e. The number of rotatable bonds is 6. The lowest BCUT2D eigenvalue weighted by Crippen LogP contribution is -2.41. The zero-order valence-corrected chi connectivity index (χ0v) is 21.3. The number of hydrogen-bond acceptors (Lipinski definition) is 4. The van der Waals surface area contributed by atoms with Crippen molar-refractivity contribution in [2.24, 2.45) is 16.8 Å². The number of aromatic nitrogens is 1. The first-order chi connectivity index (χ1) is 17.8. The molecular weight excluding hydrogens is 467 g/mol. The van der Waals surface area contributed by atoms with Gasteiger partial charge in [-0.1, -0.05) is 24.3 Å². The minimum atomic E-state index is -0.936. The van der Waals surface area contributed by atoms with E-state index in [9.17, 15) is 9.59 Å². The van der Waals surface area contributed by atoms with Gasteiger partial charge in [-0.3, -0.25) is 24.5 Å². The topological polar surface area (TPSA) is 65.9 Å². The maximum atomic E-state index is 15.5. The fourth-order valence-electron chi connectivity index (χ4n) is 5.50. The number of benzene rings is 2. The summed E-state index contributed by atoms with van der Waals surface area (Å²) >= 11 is 0. The Kier molecular flexibility index (Phi) is 5.81. The van der Waals surface area contributed by atoms with Gasteiger partial charge in [-0.15, -0.1) is 0 Å². The summed E-state index contributed by atoms with van der Waals surface area (Å²) < 4.78 is 15.5. The molecule has 3 heterocycles. The number of amidine groups is 1. The molecule has 0 radical (unpaired) electrons. The highest BCUT2D eigenvalue weighted by atomic mass is 19.1. The van der Waals surface area contributed by atoms with Crippen LogP contribution in [0.2, 0.25) is 0 Å². The molecule has 7 heteroatoms. The van der Waals surface area contributed by atoms with Crippen LogP contribution in [0.1, 0.15) is 45.1 Å². The van der Waals surface area contributed by atoms with Gasteiger partial charge >= 0.3 is 0 Å². The number of carbonyl (C=O) groups is 2. The second kappa shape index (κ2) is 9.05. The number of aliphatic imine (C=N–C) groups is 1. The lowest BCUT2D eigenvalue weighted by Gasteiger charge is -2.23. The van der Waals surface area contributed by atoms with E-state index in [1.165, 1.54) is 6.07 Å². The molecule has 0 unspecified atom stereocenters. The smallest absolute Gasteiger partial charge is 0.255 e. The van der Waals surface area contributed by atoms with Crippen molar-refractivity contribution in [1.29, 1.82) is 0 Å². The summed E-state index contributed by atoms with van der Waals surface area (Å²) in [5.74, 6) is 0.727. The van der Waals surface area contributed by atoms with E-state index < -0.39 is 11.4 Å². The number of amides is 2. The fraction of sp³-hybridized carbons (Fsp3) is 0.400. The third-order valence-electron chi connectivity index (χ3n) is 7.84. The number of hydrogen-bond donors (Lipinski definition) is 0. The van der Waals surface area contributed by atoms with Crippen LogP contribution in [0, 0.1) is 17.7 Å². The monoisotopic (exact) mass is 498 g/mol. The van der Waals surface area contributed by atoms with Crippen LogP contribution < -0.4 is 0 Å². The SMILES string of the molecule is CC1(C)N=C(c2ccc(-c3ccc4cccnc4c3)cc2F)N(CC[C@@H]2CCN(C(=O)C3CC3)C2)C1=O. The number of fused-ring (bicyclic) bond motifs is 1. The zero-order valence-electron chi connectivity index (χ0n) is 21.3. The zero-order chi connectivity index (χ0) is 25.7. The maximum absolute atomic E-state index is 15.5. The summed E-state index contributed by atoms with van der Waals surface area (Å²) in [6.07, 6.45) is 5.48. The van der Waals surface area contributed by atoms with E-state index in [0.717, 1.165) is 60.8 Å². The predicted molar refractivity (Wildman–Crippen MR) is 141 cm³/mol. The number of pyridine rings is 1. The number of likely N-dealkylation sites (tertiary alicyclic amines) is 1. The lowest BCUT2D eigenvalue weighted by atomic mass is 10.0. The van der Waals surface area contributed by atoms with Gasteiger partial charge in [-0.2, -0.15) is 0 Å². The van der Waals surface area contributed by atoms with E-state index in [0.29, 0.717) is 23.9 Å². The molecule has 37 heavy (non-hydrogen) atoms. The summed E-state index contributed by atoms with van der Waals surface area (Å²) in [6.45, 7) is 5.55. The summed E-state index contributed by atoms with van der Waals surface area (Å²) in [5, 5.41) is 1.03. The van der Waals surface area contributed by atoms with Gasteiger partial charge in [-0.05, 0) is 80.8 Å². The Morgan fingerprint density at radius 2 is 1.86 bits per heavy atom. The molecule has 6 nitrogen and oxygen atoms in total. The fourth-order valence-corrected chi connectivity index (χ4v) is 5.50. The molecule has 1 aromatic heterocycles. The quantitative estimate of drug-likeness (QED) is 0.477. The molecule has 2 fully saturated rings. The molecule has 0 N–H and O–H groups in total. The van der Waals surface area contributed by atoms with Crippen LogP contribution in [0.5, 0.6) is 0 Å². The van der Waals surface area contributed by atoms with Crippen molar-refractivity contribution < 1.29 is 14.0 Å². The average molecular weight is 499 g/mol. The summed E-state index contributed by atoms with van der Waals surface area (Å²) in [7, 11) is 0.